The highest BCUT2D eigenvalue weighted by molar-refractivity contribution is 7.09. The lowest BCUT2D eigenvalue weighted by Gasteiger charge is -2.25. The van der Waals surface area contributed by atoms with Crippen molar-refractivity contribution in [2.45, 2.75) is 51.7 Å². The molecule has 2 unspecified atom stereocenters. The van der Waals surface area contributed by atoms with E-state index in [0.717, 1.165) is 24.6 Å². The summed E-state index contributed by atoms with van der Waals surface area (Å²) in [7, 11) is 0. The number of aromatic nitrogens is 1. The summed E-state index contributed by atoms with van der Waals surface area (Å²) in [5, 5.41) is 6.79. The molecule has 1 aromatic heterocycles. The fourth-order valence-electron chi connectivity index (χ4n) is 2.26. The highest BCUT2D eigenvalue weighted by Gasteiger charge is 2.30. The minimum absolute atomic E-state index is 0.212. The van der Waals surface area contributed by atoms with Crippen LogP contribution in [-0.4, -0.2) is 18.1 Å². The van der Waals surface area contributed by atoms with Crippen molar-refractivity contribution in [3.63, 3.8) is 0 Å². The Hall–Kier alpha value is -0.450. The first-order valence-electron chi connectivity index (χ1n) is 6.53. The number of thiazole rings is 1. The van der Waals surface area contributed by atoms with E-state index < -0.39 is 0 Å². The zero-order chi connectivity index (χ0) is 12.3. The molecule has 1 aliphatic heterocycles. The SMILES string of the molecule is CCOC(C)(CC)c1nc(C2CCCN2)cs1. The fraction of sp³-hybridized carbons (Fsp3) is 0.769. The average Bonchev–Trinajstić information content (AvgIpc) is 2.99. The van der Waals surface area contributed by atoms with Crippen molar-refractivity contribution in [3.8, 4) is 0 Å². The number of hydrogen-bond acceptors (Lipinski definition) is 4. The van der Waals surface area contributed by atoms with Crippen LogP contribution < -0.4 is 5.32 Å². The van der Waals surface area contributed by atoms with Crippen molar-refractivity contribution >= 4 is 11.3 Å². The van der Waals surface area contributed by atoms with E-state index in [0.29, 0.717) is 6.04 Å². The summed E-state index contributed by atoms with van der Waals surface area (Å²) in [6, 6.07) is 0.461. The van der Waals surface area contributed by atoms with Crippen LogP contribution >= 0.6 is 11.3 Å². The molecule has 1 saturated heterocycles. The molecule has 3 nitrogen and oxygen atoms in total. The lowest BCUT2D eigenvalue weighted by molar-refractivity contribution is -0.0325. The van der Waals surface area contributed by atoms with Crippen molar-refractivity contribution in [2.24, 2.45) is 0 Å². The van der Waals surface area contributed by atoms with Crippen LogP contribution in [0.1, 0.15) is 56.8 Å². The van der Waals surface area contributed by atoms with E-state index in [1.54, 1.807) is 11.3 Å². The van der Waals surface area contributed by atoms with Gasteiger partial charge < -0.3 is 10.1 Å². The Morgan fingerprint density at radius 1 is 1.59 bits per heavy atom. The Balaban J connectivity index is 2.15. The molecule has 2 atom stereocenters. The molecule has 0 amide bonds. The maximum Gasteiger partial charge on any atom is 0.125 e. The maximum atomic E-state index is 5.87. The molecule has 0 bridgehead atoms. The van der Waals surface area contributed by atoms with Crippen LogP contribution in [0.15, 0.2) is 5.38 Å². The van der Waals surface area contributed by atoms with Crippen molar-refractivity contribution in [3.05, 3.63) is 16.1 Å². The molecule has 2 heterocycles. The summed E-state index contributed by atoms with van der Waals surface area (Å²) >= 11 is 1.73. The Morgan fingerprint density at radius 2 is 2.41 bits per heavy atom. The zero-order valence-electron chi connectivity index (χ0n) is 11.0. The summed E-state index contributed by atoms with van der Waals surface area (Å²) in [4.78, 5) is 4.78. The number of rotatable bonds is 5. The van der Waals surface area contributed by atoms with Crippen molar-refractivity contribution < 1.29 is 4.74 Å². The molecule has 0 aliphatic carbocycles. The summed E-state index contributed by atoms with van der Waals surface area (Å²) in [5.74, 6) is 0. The van der Waals surface area contributed by atoms with Gasteiger partial charge in [-0.25, -0.2) is 4.98 Å². The Kier molecular flexibility index (Phi) is 4.17. The van der Waals surface area contributed by atoms with Gasteiger partial charge in [0.25, 0.3) is 0 Å². The zero-order valence-corrected chi connectivity index (χ0v) is 11.8. The van der Waals surface area contributed by atoms with Crippen LogP contribution in [0.5, 0.6) is 0 Å². The molecular weight excluding hydrogens is 232 g/mol. The van der Waals surface area contributed by atoms with E-state index in [2.05, 4.69) is 24.5 Å². The van der Waals surface area contributed by atoms with Crippen LogP contribution in [0.2, 0.25) is 0 Å². The van der Waals surface area contributed by atoms with Crippen LogP contribution in [-0.2, 0) is 10.3 Å². The standard InChI is InChI=1S/C13H22N2OS/c1-4-13(3,16-5-2)12-15-11(9-17-12)10-7-6-8-14-10/h9-10,14H,4-8H2,1-3H3. The predicted molar refractivity (Wildman–Crippen MR) is 71.4 cm³/mol. The highest BCUT2D eigenvalue weighted by Crippen LogP contribution is 2.34. The minimum atomic E-state index is -0.212. The maximum absolute atomic E-state index is 5.87. The first-order chi connectivity index (χ1) is 8.19. The second kappa shape index (κ2) is 5.46. The molecule has 0 spiro atoms. The molecular formula is C13H22N2OS. The third-order valence-electron chi connectivity index (χ3n) is 3.53. The van der Waals surface area contributed by atoms with Crippen molar-refractivity contribution in [2.75, 3.05) is 13.2 Å². The van der Waals surface area contributed by atoms with Gasteiger partial charge in [-0.05, 0) is 39.7 Å². The molecule has 1 aliphatic rings. The summed E-state index contributed by atoms with van der Waals surface area (Å²) in [6.45, 7) is 8.20. The molecule has 4 heteroatoms. The van der Waals surface area contributed by atoms with Gasteiger partial charge in [-0.2, -0.15) is 0 Å². The molecule has 96 valence electrons. The largest absolute Gasteiger partial charge is 0.368 e. The van der Waals surface area contributed by atoms with Gasteiger partial charge in [0.2, 0.25) is 0 Å². The van der Waals surface area contributed by atoms with Crippen LogP contribution in [0.3, 0.4) is 0 Å². The van der Waals surface area contributed by atoms with E-state index in [4.69, 9.17) is 9.72 Å². The van der Waals surface area contributed by atoms with E-state index in [1.807, 2.05) is 6.92 Å². The Bertz CT molecular complexity index is 360. The van der Waals surface area contributed by atoms with Crippen molar-refractivity contribution in [1.82, 2.24) is 10.3 Å². The fourth-order valence-corrected chi connectivity index (χ4v) is 3.32. The van der Waals surface area contributed by atoms with E-state index in [1.165, 1.54) is 18.5 Å². The van der Waals surface area contributed by atoms with Gasteiger partial charge >= 0.3 is 0 Å². The summed E-state index contributed by atoms with van der Waals surface area (Å²) < 4.78 is 5.87. The second-order valence-electron chi connectivity index (χ2n) is 4.74. The van der Waals surface area contributed by atoms with E-state index in [-0.39, 0.29) is 5.60 Å². The van der Waals surface area contributed by atoms with Gasteiger partial charge in [0.15, 0.2) is 0 Å². The molecule has 1 fully saturated rings. The molecule has 0 radical (unpaired) electrons. The molecule has 0 saturated carbocycles. The third kappa shape index (κ3) is 2.69. The highest BCUT2D eigenvalue weighted by atomic mass is 32.1. The summed E-state index contributed by atoms with van der Waals surface area (Å²) in [5.41, 5.74) is 0.984. The van der Waals surface area contributed by atoms with Crippen LogP contribution in [0.25, 0.3) is 0 Å². The molecule has 1 aromatic rings. The Labute approximate surface area is 108 Å². The quantitative estimate of drug-likeness (QED) is 0.876. The molecule has 1 N–H and O–H groups in total. The normalized spacial score (nSPS) is 23.8. The number of ether oxygens (including phenoxy) is 1. The van der Waals surface area contributed by atoms with Gasteiger partial charge in [-0.3, -0.25) is 0 Å². The minimum Gasteiger partial charge on any atom is -0.368 e. The second-order valence-corrected chi connectivity index (χ2v) is 5.60. The lowest BCUT2D eigenvalue weighted by Crippen LogP contribution is -2.25. The number of nitrogens with one attached hydrogen (secondary N) is 1. The van der Waals surface area contributed by atoms with Crippen molar-refractivity contribution in [1.29, 1.82) is 0 Å². The first kappa shape index (κ1) is 13.0. The smallest absolute Gasteiger partial charge is 0.125 e. The van der Waals surface area contributed by atoms with E-state index >= 15 is 0 Å². The van der Waals surface area contributed by atoms with Gasteiger partial charge in [0.1, 0.15) is 10.6 Å². The number of nitrogens with zero attached hydrogens (tertiary/aromatic N) is 1. The predicted octanol–water partition coefficient (Wildman–Crippen LogP) is 3.23. The van der Waals surface area contributed by atoms with Gasteiger partial charge in [0, 0.05) is 12.0 Å². The molecule has 17 heavy (non-hydrogen) atoms. The average molecular weight is 254 g/mol. The van der Waals surface area contributed by atoms with Gasteiger partial charge in [0.05, 0.1) is 11.7 Å². The van der Waals surface area contributed by atoms with Crippen LogP contribution in [0.4, 0.5) is 0 Å². The lowest BCUT2D eigenvalue weighted by atomic mass is 10.0. The van der Waals surface area contributed by atoms with Gasteiger partial charge in [-0.15, -0.1) is 11.3 Å². The van der Waals surface area contributed by atoms with Crippen LogP contribution in [0, 0.1) is 0 Å². The Morgan fingerprint density at radius 3 is 3.00 bits per heavy atom. The number of hydrogen-bond donors (Lipinski definition) is 1. The molecule has 2 rings (SSSR count). The topological polar surface area (TPSA) is 34.1 Å². The third-order valence-corrected chi connectivity index (χ3v) is 4.63. The molecule has 0 aromatic carbocycles. The van der Waals surface area contributed by atoms with Gasteiger partial charge in [-0.1, -0.05) is 6.92 Å². The van der Waals surface area contributed by atoms with E-state index in [9.17, 15) is 0 Å². The summed E-state index contributed by atoms with van der Waals surface area (Å²) in [6.07, 6.45) is 3.43. The monoisotopic (exact) mass is 254 g/mol. The first-order valence-corrected chi connectivity index (χ1v) is 7.41.